The van der Waals surface area contributed by atoms with Gasteiger partial charge in [0.1, 0.15) is 6.10 Å². The van der Waals surface area contributed by atoms with E-state index in [1.165, 1.54) is 57.8 Å². The predicted octanol–water partition coefficient (Wildman–Crippen LogP) is 8.30. The molecule has 37 heavy (non-hydrogen) atoms. The van der Waals surface area contributed by atoms with Crippen LogP contribution in [-0.2, 0) is 16.0 Å². The minimum Gasteiger partial charge on any atom is -0.462 e. The first kappa shape index (κ1) is 27.0. The van der Waals surface area contributed by atoms with Crippen LogP contribution in [0, 0.1) is 46.3 Å². The average Bonchev–Trinajstić information content (AvgIpc) is 3.50. The van der Waals surface area contributed by atoms with Crippen LogP contribution in [0.25, 0.3) is 0 Å². The highest BCUT2D eigenvalue weighted by molar-refractivity contribution is 5.69. The van der Waals surface area contributed by atoms with Crippen molar-refractivity contribution in [2.75, 3.05) is 0 Å². The van der Waals surface area contributed by atoms with Crippen molar-refractivity contribution in [3.05, 3.63) is 29.9 Å². The lowest BCUT2D eigenvalue weighted by Gasteiger charge is -2.58. The summed E-state index contributed by atoms with van der Waals surface area (Å²) in [5, 5.41) is 0. The Balaban J connectivity index is 1.20. The summed E-state index contributed by atoms with van der Waals surface area (Å²) in [6.07, 6.45) is 21.6. The van der Waals surface area contributed by atoms with E-state index < -0.39 is 0 Å². The lowest BCUT2D eigenvalue weighted by Crippen LogP contribution is -2.51. The number of carbonyl (C=O) groups excluding carboxylic acids is 1. The number of ether oxygens (including phenoxy) is 1. The van der Waals surface area contributed by atoms with Gasteiger partial charge in [0.2, 0.25) is 0 Å². The molecule has 0 spiro atoms. The van der Waals surface area contributed by atoms with Gasteiger partial charge < -0.3 is 9.72 Å². The van der Waals surface area contributed by atoms with Gasteiger partial charge in [-0.05, 0) is 97.7 Å². The second-order valence-electron chi connectivity index (χ2n) is 14.2. The van der Waals surface area contributed by atoms with E-state index in [1.54, 1.807) is 18.1 Å². The first-order valence-corrected chi connectivity index (χ1v) is 15.6. The van der Waals surface area contributed by atoms with Crippen LogP contribution in [0.2, 0.25) is 0 Å². The maximum atomic E-state index is 12.5. The van der Waals surface area contributed by atoms with E-state index in [9.17, 15) is 4.79 Å². The largest absolute Gasteiger partial charge is 0.462 e. The summed E-state index contributed by atoms with van der Waals surface area (Å²) < 4.78 is 5.98. The van der Waals surface area contributed by atoms with Gasteiger partial charge in [0, 0.05) is 18.3 Å². The summed E-state index contributed by atoms with van der Waals surface area (Å²) >= 11 is 0. The summed E-state index contributed by atoms with van der Waals surface area (Å²) in [6.45, 7) is 12.6. The fraction of sp³-hybridized carbons (Fsp3) is 0.818. The molecule has 5 rings (SSSR count). The Labute approximate surface area is 225 Å². The van der Waals surface area contributed by atoms with Crippen LogP contribution in [0.5, 0.6) is 0 Å². The molecule has 1 aromatic rings. The minimum absolute atomic E-state index is 0.0570. The van der Waals surface area contributed by atoms with E-state index in [2.05, 4.69) is 50.7 Å². The van der Waals surface area contributed by atoms with Crippen LogP contribution in [0.15, 0.2) is 24.2 Å². The monoisotopic (exact) mass is 508 g/mol. The van der Waals surface area contributed by atoms with Crippen LogP contribution in [0.4, 0.5) is 0 Å². The van der Waals surface area contributed by atoms with Gasteiger partial charge in [0.15, 0.2) is 0 Å². The number of aromatic nitrogens is 2. The molecule has 0 aromatic carbocycles. The summed E-state index contributed by atoms with van der Waals surface area (Å²) in [6, 6.07) is 0. The molecular formula is C33H52N2O2. The highest BCUT2D eigenvalue weighted by Gasteiger charge is 2.59. The Morgan fingerprint density at radius 2 is 1.95 bits per heavy atom. The highest BCUT2D eigenvalue weighted by Crippen LogP contribution is 2.67. The smallest absolute Gasteiger partial charge is 0.306 e. The number of hydrogen-bond acceptors (Lipinski definition) is 3. The molecule has 0 aliphatic heterocycles. The van der Waals surface area contributed by atoms with Crippen molar-refractivity contribution in [2.45, 2.75) is 124 Å². The van der Waals surface area contributed by atoms with Gasteiger partial charge >= 0.3 is 5.97 Å². The van der Waals surface area contributed by atoms with Gasteiger partial charge in [-0.15, -0.1) is 0 Å². The zero-order valence-corrected chi connectivity index (χ0v) is 24.2. The van der Waals surface area contributed by atoms with Crippen molar-refractivity contribution in [3.8, 4) is 0 Å². The molecule has 206 valence electrons. The molecule has 8 atom stereocenters. The van der Waals surface area contributed by atoms with E-state index >= 15 is 0 Å². The van der Waals surface area contributed by atoms with Gasteiger partial charge in [-0.3, -0.25) is 4.79 Å². The van der Waals surface area contributed by atoms with Crippen LogP contribution >= 0.6 is 0 Å². The Bertz CT molecular complexity index is 952. The number of allylic oxidation sites excluding steroid dienone is 1. The molecule has 3 fully saturated rings. The third kappa shape index (κ3) is 5.33. The van der Waals surface area contributed by atoms with E-state index in [4.69, 9.17) is 4.74 Å². The zero-order chi connectivity index (χ0) is 26.2. The van der Waals surface area contributed by atoms with Gasteiger partial charge in [0.05, 0.1) is 12.7 Å². The molecule has 4 aliphatic carbocycles. The highest BCUT2D eigenvalue weighted by atomic mass is 16.5. The fourth-order valence-corrected chi connectivity index (χ4v) is 9.66. The van der Waals surface area contributed by atoms with Crippen molar-refractivity contribution < 1.29 is 9.53 Å². The maximum absolute atomic E-state index is 12.5. The van der Waals surface area contributed by atoms with Crippen molar-refractivity contribution in [2.24, 2.45) is 46.3 Å². The third-order valence-corrected chi connectivity index (χ3v) is 11.7. The quantitative estimate of drug-likeness (QED) is 0.270. The predicted molar refractivity (Wildman–Crippen MR) is 150 cm³/mol. The van der Waals surface area contributed by atoms with E-state index in [1.807, 2.05) is 0 Å². The summed E-state index contributed by atoms with van der Waals surface area (Å²) in [7, 11) is 0. The second-order valence-corrected chi connectivity index (χ2v) is 14.2. The average molecular weight is 509 g/mol. The number of H-pyrrole nitrogens is 1. The number of rotatable bonds is 9. The first-order chi connectivity index (χ1) is 17.7. The van der Waals surface area contributed by atoms with Crippen molar-refractivity contribution in [1.29, 1.82) is 0 Å². The number of aryl methyl sites for hydroxylation is 1. The summed E-state index contributed by atoms with van der Waals surface area (Å²) in [5.74, 6) is 5.13. The van der Waals surface area contributed by atoms with Gasteiger partial charge in [-0.1, -0.05) is 65.5 Å². The SMILES string of the molecule is CC(C)CCC[C@@H](C)[C@H]1CCC2C3CC=C4C[C@@H](OC(=O)CCc5cnc[nH]5)CC[C@]4(C)[C@H]3CC[C@@]21C. The molecule has 0 saturated heterocycles. The fourth-order valence-electron chi connectivity index (χ4n) is 9.66. The number of carbonyl (C=O) groups is 1. The zero-order valence-electron chi connectivity index (χ0n) is 24.2. The minimum atomic E-state index is -0.0644. The van der Waals surface area contributed by atoms with Crippen LogP contribution in [-0.4, -0.2) is 22.0 Å². The van der Waals surface area contributed by atoms with E-state index in [0.29, 0.717) is 23.7 Å². The normalized spacial score (nSPS) is 37.9. The lowest BCUT2D eigenvalue weighted by molar-refractivity contribution is -0.151. The van der Waals surface area contributed by atoms with Crippen molar-refractivity contribution >= 4 is 5.97 Å². The van der Waals surface area contributed by atoms with Crippen LogP contribution < -0.4 is 0 Å². The second kappa shape index (κ2) is 10.9. The number of aromatic amines is 1. The first-order valence-electron chi connectivity index (χ1n) is 15.6. The Morgan fingerprint density at radius 1 is 1.11 bits per heavy atom. The molecule has 1 N–H and O–H groups in total. The number of hydrogen-bond donors (Lipinski definition) is 1. The van der Waals surface area contributed by atoms with Gasteiger partial charge in [-0.2, -0.15) is 0 Å². The standard InChI is InChI=1S/C33H52N2O2/c1-22(2)7-6-8-23(3)28-12-13-29-27-11-9-24-19-26(37-31(36)14-10-25-20-34-21-35-25)15-17-32(24,4)30(27)16-18-33(28,29)5/h9,20-23,26-30H,6-8,10-19H2,1-5H3,(H,34,35)/t23-,26+,27?,28-,29?,30+,32+,33-/m1/s1. The molecule has 3 saturated carbocycles. The molecule has 0 bridgehead atoms. The molecule has 4 aliphatic rings. The van der Waals surface area contributed by atoms with Crippen molar-refractivity contribution in [3.63, 3.8) is 0 Å². The molecule has 1 heterocycles. The number of fused-ring (bicyclic) bond motifs is 5. The van der Waals surface area contributed by atoms with E-state index in [0.717, 1.165) is 54.0 Å². The molecule has 0 radical (unpaired) electrons. The van der Waals surface area contributed by atoms with Crippen LogP contribution in [0.1, 0.15) is 117 Å². The van der Waals surface area contributed by atoms with Crippen LogP contribution in [0.3, 0.4) is 0 Å². The molecule has 4 heteroatoms. The molecular weight excluding hydrogens is 456 g/mol. The molecule has 0 amide bonds. The molecule has 1 aromatic heterocycles. The van der Waals surface area contributed by atoms with Gasteiger partial charge in [-0.25, -0.2) is 4.98 Å². The van der Waals surface area contributed by atoms with Crippen molar-refractivity contribution in [1.82, 2.24) is 9.97 Å². The Morgan fingerprint density at radius 3 is 2.70 bits per heavy atom. The molecule has 4 nitrogen and oxygen atoms in total. The lowest BCUT2D eigenvalue weighted by atomic mass is 9.47. The summed E-state index contributed by atoms with van der Waals surface area (Å²) in [4.78, 5) is 19.7. The Kier molecular flexibility index (Phi) is 7.95. The third-order valence-electron chi connectivity index (χ3n) is 11.7. The molecule has 2 unspecified atom stereocenters. The number of nitrogens with zero attached hydrogens (tertiary/aromatic N) is 1. The van der Waals surface area contributed by atoms with E-state index in [-0.39, 0.29) is 12.1 Å². The maximum Gasteiger partial charge on any atom is 0.306 e. The number of esters is 1. The van der Waals surface area contributed by atoms with Gasteiger partial charge in [0.25, 0.3) is 0 Å². The Hall–Kier alpha value is -1.58. The number of nitrogens with one attached hydrogen (secondary N) is 1. The topological polar surface area (TPSA) is 55.0 Å². The number of imidazole rings is 1. The summed E-state index contributed by atoms with van der Waals surface area (Å²) in [5.41, 5.74) is 3.45.